The van der Waals surface area contributed by atoms with E-state index >= 15 is 0 Å². The Morgan fingerprint density at radius 3 is 2.94 bits per heavy atom. The molecule has 80 valence electrons. The molecule has 0 spiro atoms. The van der Waals surface area contributed by atoms with E-state index in [0.717, 1.165) is 16.7 Å². The Labute approximate surface area is 93.3 Å². The van der Waals surface area contributed by atoms with Gasteiger partial charge in [0, 0.05) is 17.3 Å². The maximum atomic E-state index is 10.2. The summed E-state index contributed by atoms with van der Waals surface area (Å²) in [5.74, 6) is 1.18. The van der Waals surface area contributed by atoms with Crippen LogP contribution in [0.5, 0.6) is 11.6 Å². The lowest BCUT2D eigenvalue weighted by molar-refractivity contribution is 0.201. The molecule has 0 amide bonds. The maximum absolute atomic E-state index is 10.2. The summed E-state index contributed by atoms with van der Waals surface area (Å²) < 4.78 is 5.63. The molecule has 1 aromatic heterocycles. The van der Waals surface area contributed by atoms with Gasteiger partial charge in [-0.25, -0.2) is 4.98 Å². The van der Waals surface area contributed by atoms with Crippen molar-refractivity contribution in [1.82, 2.24) is 4.98 Å². The predicted octanol–water partition coefficient (Wildman–Crippen LogP) is 2.58. The Kier molecular flexibility index (Phi) is 1.94. The van der Waals surface area contributed by atoms with Crippen molar-refractivity contribution in [3.63, 3.8) is 0 Å². The van der Waals surface area contributed by atoms with Gasteiger partial charge in [-0.2, -0.15) is 0 Å². The maximum Gasteiger partial charge on any atom is 0.225 e. The number of aryl methyl sites for hydroxylation is 1. The van der Waals surface area contributed by atoms with Gasteiger partial charge in [0.15, 0.2) is 0 Å². The van der Waals surface area contributed by atoms with E-state index in [1.807, 2.05) is 37.3 Å². The van der Waals surface area contributed by atoms with Gasteiger partial charge < -0.3 is 9.84 Å². The third-order valence-electron chi connectivity index (χ3n) is 2.73. The van der Waals surface area contributed by atoms with Gasteiger partial charge in [0.25, 0.3) is 0 Å². The number of aliphatic hydroxyl groups is 1. The largest absolute Gasteiger partial charge is 0.438 e. The van der Waals surface area contributed by atoms with E-state index in [2.05, 4.69) is 4.98 Å². The van der Waals surface area contributed by atoms with Crippen molar-refractivity contribution in [3.8, 4) is 11.6 Å². The van der Waals surface area contributed by atoms with Gasteiger partial charge in [-0.05, 0) is 24.6 Å². The molecule has 3 heteroatoms. The summed E-state index contributed by atoms with van der Waals surface area (Å²) in [6, 6.07) is 9.38. The van der Waals surface area contributed by atoms with Crippen molar-refractivity contribution in [3.05, 3.63) is 53.2 Å². The first-order chi connectivity index (χ1) is 7.75. The molecule has 1 atom stereocenters. The van der Waals surface area contributed by atoms with Gasteiger partial charge >= 0.3 is 0 Å². The van der Waals surface area contributed by atoms with Crippen LogP contribution in [0.15, 0.2) is 36.5 Å². The minimum Gasteiger partial charge on any atom is -0.438 e. The lowest BCUT2D eigenvalue weighted by Crippen LogP contribution is -2.10. The fourth-order valence-electron chi connectivity index (χ4n) is 1.93. The number of para-hydroxylation sites is 1. The smallest absolute Gasteiger partial charge is 0.225 e. The Morgan fingerprint density at radius 2 is 2.06 bits per heavy atom. The molecular weight excluding hydrogens is 202 g/mol. The second-order valence-corrected chi connectivity index (χ2v) is 3.95. The number of hydrogen-bond acceptors (Lipinski definition) is 3. The normalized spacial score (nSPS) is 17.2. The molecule has 1 N–H and O–H groups in total. The molecule has 3 rings (SSSR count). The molecule has 1 unspecified atom stereocenters. The molecule has 0 fully saturated rings. The van der Waals surface area contributed by atoms with Crippen molar-refractivity contribution in [1.29, 1.82) is 0 Å². The molecule has 0 bridgehead atoms. The van der Waals surface area contributed by atoms with Crippen LogP contribution in [-0.2, 0) is 0 Å². The van der Waals surface area contributed by atoms with E-state index in [-0.39, 0.29) is 0 Å². The minimum absolute atomic E-state index is 0.497. The van der Waals surface area contributed by atoms with Crippen LogP contribution in [-0.4, -0.2) is 10.1 Å². The molecule has 2 heterocycles. The summed E-state index contributed by atoms with van der Waals surface area (Å²) in [5.41, 5.74) is 2.54. The highest BCUT2D eigenvalue weighted by atomic mass is 16.5. The van der Waals surface area contributed by atoms with Crippen LogP contribution in [0.2, 0.25) is 0 Å². The number of hydrogen-bond donors (Lipinski definition) is 1. The number of rotatable bonds is 0. The molecule has 2 aromatic rings. The molecule has 1 aliphatic rings. The summed E-state index contributed by atoms with van der Waals surface area (Å²) in [4.78, 5) is 4.19. The molecule has 1 aliphatic heterocycles. The van der Waals surface area contributed by atoms with E-state index in [4.69, 9.17) is 4.74 Å². The summed E-state index contributed by atoms with van der Waals surface area (Å²) in [7, 11) is 0. The number of nitrogens with zero attached hydrogens (tertiary/aromatic N) is 1. The summed E-state index contributed by atoms with van der Waals surface area (Å²) in [6.45, 7) is 1.94. The summed E-state index contributed by atoms with van der Waals surface area (Å²) in [6.07, 6.45) is 1.09. The second-order valence-electron chi connectivity index (χ2n) is 3.95. The highest BCUT2D eigenvalue weighted by molar-refractivity contribution is 5.49. The predicted molar refractivity (Wildman–Crippen MR) is 59.6 cm³/mol. The molecule has 0 saturated heterocycles. The molecule has 1 aromatic carbocycles. The average Bonchev–Trinajstić information content (AvgIpc) is 2.31. The van der Waals surface area contributed by atoms with Crippen LogP contribution in [0.3, 0.4) is 0 Å². The third kappa shape index (κ3) is 1.29. The molecular formula is C13H11NO2. The number of ether oxygens (including phenoxy) is 1. The van der Waals surface area contributed by atoms with Gasteiger partial charge in [0.2, 0.25) is 5.88 Å². The van der Waals surface area contributed by atoms with Crippen LogP contribution in [0.25, 0.3) is 0 Å². The van der Waals surface area contributed by atoms with Gasteiger partial charge in [-0.3, -0.25) is 0 Å². The topological polar surface area (TPSA) is 42.4 Å². The highest BCUT2D eigenvalue weighted by Crippen LogP contribution is 2.41. The van der Waals surface area contributed by atoms with Crippen molar-refractivity contribution < 1.29 is 9.84 Å². The number of benzene rings is 1. The van der Waals surface area contributed by atoms with Crippen LogP contribution in [0.1, 0.15) is 22.8 Å². The number of fused-ring (bicyclic) bond motifs is 2. The van der Waals surface area contributed by atoms with E-state index in [0.29, 0.717) is 11.6 Å². The van der Waals surface area contributed by atoms with Gasteiger partial charge in [0.05, 0.1) is 0 Å². The fourth-order valence-corrected chi connectivity index (χ4v) is 1.93. The van der Waals surface area contributed by atoms with Crippen molar-refractivity contribution in [2.24, 2.45) is 0 Å². The van der Waals surface area contributed by atoms with E-state index < -0.39 is 6.10 Å². The Hall–Kier alpha value is -1.87. The van der Waals surface area contributed by atoms with Gasteiger partial charge in [-0.1, -0.05) is 18.2 Å². The Morgan fingerprint density at radius 1 is 1.25 bits per heavy atom. The number of aromatic nitrogens is 1. The first kappa shape index (κ1) is 9.36. The number of aliphatic hydroxyl groups excluding tert-OH is 1. The van der Waals surface area contributed by atoms with Crippen LogP contribution in [0.4, 0.5) is 0 Å². The van der Waals surface area contributed by atoms with Gasteiger partial charge in [-0.15, -0.1) is 0 Å². The lowest BCUT2D eigenvalue weighted by atomic mass is 9.98. The van der Waals surface area contributed by atoms with Crippen LogP contribution in [0, 0.1) is 6.92 Å². The fraction of sp³-hybridized carbons (Fsp3) is 0.154. The van der Waals surface area contributed by atoms with Crippen LogP contribution < -0.4 is 4.74 Å². The zero-order chi connectivity index (χ0) is 11.1. The minimum atomic E-state index is -0.646. The lowest BCUT2D eigenvalue weighted by Gasteiger charge is -2.23. The number of pyridine rings is 1. The van der Waals surface area contributed by atoms with Gasteiger partial charge in [0.1, 0.15) is 11.9 Å². The summed E-state index contributed by atoms with van der Waals surface area (Å²) in [5, 5.41) is 10.2. The van der Waals surface area contributed by atoms with Crippen molar-refractivity contribution in [2.45, 2.75) is 13.0 Å². The molecule has 3 nitrogen and oxygen atoms in total. The Bertz CT molecular complexity index is 551. The van der Waals surface area contributed by atoms with E-state index in [9.17, 15) is 5.11 Å². The third-order valence-corrected chi connectivity index (χ3v) is 2.73. The van der Waals surface area contributed by atoms with E-state index in [1.165, 1.54) is 0 Å². The standard InChI is InChI=1S/C13H11NO2/c1-8-6-10-12(15)9-4-2-3-5-11(9)16-13(10)14-7-8/h2-7,12,15H,1H3. The van der Waals surface area contributed by atoms with Crippen molar-refractivity contribution >= 4 is 0 Å². The average molecular weight is 213 g/mol. The monoisotopic (exact) mass is 213 g/mol. The quantitative estimate of drug-likeness (QED) is 0.731. The Balaban J connectivity index is 2.19. The molecule has 0 saturated carbocycles. The first-order valence-electron chi connectivity index (χ1n) is 5.17. The first-order valence-corrected chi connectivity index (χ1v) is 5.17. The van der Waals surface area contributed by atoms with E-state index in [1.54, 1.807) is 6.20 Å². The van der Waals surface area contributed by atoms with Crippen LogP contribution >= 0.6 is 0 Å². The zero-order valence-electron chi connectivity index (χ0n) is 8.84. The zero-order valence-corrected chi connectivity index (χ0v) is 8.84. The highest BCUT2D eigenvalue weighted by Gasteiger charge is 2.25. The molecule has 0 radical (unpaired) electrons. The second kappa shape index (κ2) is 3.32. The SMILES string of the molecule is Cc1cnc2c(c1)C(O)c1ccccc1O2. The molecule has 0 aliphatic carbocycles. The summed E-state index contributed by atoms with van der Waals surface area (Å²) >= 11 is 0. The molecule has 16 heavy (non-hydrogen) atoms. The van der Waals surface area contributed by atoms with Crippen molar-refractivity contribution in [2.75, 3.05) is 0 Å².